The Hall–Kier alpha value is -2.82. The zero-order valence-corrected chi connectivity index (χ0v) is 22.0. The predicted molar refractivity (Wildman–Crippen MR) is 139 cm³/mol. The van der Waals surface area contributed by atoms with E-state index < -0.39 is 5.92 Å². The van der Waals surface area contributed by atoms with Gasteiger partial charge in [0.1, 0.15) is 0 Å². The van der Waals surface area contributed by atoms with Crippen LogP contribution in [0.2, 0.25) is 0 Å². The maximum Gasteiger partial charge on any atom is 0.272 e. The molecule has 186 valence electrons. The fraction of sp³-hybridized carbons (Fsp3) is 0.517. The van der Waals surface area contributed by atoms with Gasteiger partial charge in [0, 0.05) is 12.0 Å². The summed E-state index contributed by atoms with van der Waals surface area (Å²) in [6.07, 6.45) is 7.03. The molecule has 0 saturated carbocycles. The van der Waals surface area contributed by atoms with E-state index in [4.69, 9.17) is 0 Å². The summed E-state index contributed by atoms with van der Waals surface area (Å²) in [6.45, 7) is 17.9. The molecule has 0 spiro atoms. The fourth-order valence-corrected chi connectivity index (χ4v) is 4.66. The third kappa shape index (κ3) is 6.85. The van der Waals surface area contributed by atoms with Crippen LogP contribution in [0.4, 0.5) is 0 Å². The quantitative estimate of drug-likeness (QED) is 0.345. The minimum atomic E-state index is -0.542. The lowest BCUT2D eigenvalue weighted by Crippen LogP contribution is -2.57. The van der Waals surface area contributed by atoms with Crippen LogP contribution < -0.4 is 5.43 Å². The van der Waals surface area contributed by atoms with Crippen molar-refractivity contribution in [1.82, 2.24) is 10.4 Å². The van der Waals surface area contributed by atoms with Gasteiger partial charge in [-0.2, -0.15) is 0 Å². The van der Waals surface area contributed by atoms with E-state index in [2.05, 4.69) is 39.7 Å². The monoisotopic (exact) mass is 466 g/mol. The number of hydrogen-bond acceptors (Lipinski definition) is 3. The number of aliphatic hydroxyl groups is 1. The first-order valence-corrected chi connectivity index (χ1v) is 12.3. The van der Waals surface area contributed by atoms with Crippen molar-refractivity contribution >= 4 is 11.8 Å². The molecule has 2 amide bonds. The van der Waals surface area contributed by atoms with Crippen LogP contribution in [0, 0.1) is 25.2 Å². The van der Waals surface area contributed by atoms with Gasteiger partial charge in [0.2, 0.25) is 5.91 Å². The molecule has 1 aromatic rings. The van der Waals surface area contributed by atoms with Crippen LogP contribution in [0.5, 0.6) is 0 Å². The first kappa shape index (κ1) is 27.4. The number of carbonyl (C=O) groups excluding carboxylic acids is 2. The summed E-state index contributed by atoms with van der Waals surface area (Å²) < 4.78 is 0. The first-order chi connectivity index (χ1) is 15.9. The van der Waals surface area contributed by atoms with Gasteiger partial charge < -0.3 is 5.11 Å². The van der Waals surface area contributed by atoms with Crippen LogP contribution in [-0.2, 0) is 4.79 Å². The molecule has 34 heavy (non-hydrogen) atoms. The van der Waals surface area contributed by atoms with E-state index in [-0.39, 0.29) is 29.0 Å². The highest BCUT2D eigenvalue weighted by atomic mass is 16.3. The van der Waals surface area contributed by atoms with Crippen LogP contribution in [0.1, 0.15) is 88.2 Å². The van der Waals surface area contributed by atoms with Gasteiger partial charge in [0.05, 0.1) is 17.7 Å². The Labute approximate surface area is 205 Å². The van der Waals surface area contributed by atoms with Gasteiger partial charge in [-0.1, -0.05) is 69.0 Å². The number of amides is 2. The van der Waals surface area contributed by atoms with Crippen LogP contribution >= 0.6 is 0 Å². The zero-order chi connectivity index (χ0) is 25.6. The Bertz CT molecular complexity index is 961. The molecule has 0 aromatic heterocycles. The van der Waals surface area contributed by atoms with E-state index in [1.54, 1.807) is 18.0 Å². The van der Waals surface area contributed by atoms with Gasteiger partial charge in [-0.15, -0.1) is 6.58 Å². The Morgan fingerprint density at radius 2 is 1.82 bits per heavy atom. The summed E-state index contributed by atoms with van der Waals surface area (Å²) in [7, 11) is 0. The van der Waals surface area contributed by atoms with Gasteiger partial charge in [0.15, 0.2) is 0 Å². The smallest absolute Gasteiger partial charge is 0.272 e. The van der Waals surface area contributed by atoms with Crippen molar-refractivity contribution in [2.45, 2.75) is 86.6 Å². The topological polar surface area (TPSA) is 69.6 Å². The molecule has 0 heterocycles. The number of hydrogen-bond donors (Lipinski definition) is 2. The molecule has 0 radical (unpaired) electrons. The van der Waals surface area contributed by atoms with Crippen molar-refractivity contribution in [2.24, 2.45) is 11.3 Å². The van der Waals surface area contributed by atoms with Crippen LogP contribution in [0.15, 0.2) is 53.8 Å². The molecule has 0 bridgehead atoms. The molecule has 2 atom stereocenters. The molecule has 5 heteroatoms. The molecule has 0 aliphatic heterocycles. The zero-order valence-electron chi connectivity index (χ0n) is 22.0. The lowest BCUT2D eigenvalue weighted by Gasteiger charge is -2.40. The molecule has 1 unspecified atom stereocenters. The second-order valence-electron chi connectivity index (χ2n) is 10.6. The minimum absolute atomic E-state index is 0.190. The maximum absolute atomic E-state index is 13.8. The molecular weight excluding hydrogens is 424 g/mol. The molecule has 1 aliphatic rings. The van der Waals surface area contributed by atoms with Gasteiger partial charge in [-0.25, -0.2) is 5.01 Å². The number of nitrogens with zero attached hydrogens (tertiary/aromatic N) is 1. The number of allylic oxidation sites excluding steroid dienone is 3. The normalized spacial score (nSPS) is 17.5. The number of benzene rings is 1. The van der Waals surface area contributed by atoms with Crippen molar-refractivity contribution in [3.05, 3.63) is 70.5 Å². The second kappa shape index (κ2) is 11.5. The number of nitrogens with one attached hydrogen (secondary N) is 1. The van der Waals surface area contributed by atoms with Crippen LogP contribution in [0.3, 0.4) is 0 Å². The Kier molecular flexibility index (Phi) is 9.31. The predicted octanol–water partition coefficient (Wildman–Crippen LogP) is 6.74. The molecule has 2 N–H and O–H groups in total. The molecule has 1 aromatic carbocycles. The molecule has 1 aliphatic carbocycles. The third-order valence-corrected chi connectivity index (χ3v) is 6.53. The summed E-state index contributed by atoms with van der Waals surface area (Å²) in [5.41, 5.74) is 7.01. The number of rotatable bonds is 7. The standard InChI is InChI=1S/C29H42N2O3/c1-9-11-22-13-14-24(21(5)25(32)18-22)27(33)30-31(26(12-10-2)29(6,7)8)28(34)23-16-19(3)15-20(4)17-23/h9,13,15-17,24,26,32H,1,10-12,14,18H2,2-8H3,(H,30,33)/t24?,26-/m1/s1. The summed E-state index contributed by atoms with van der Waals surface area (Å²) in [6, 6.07) is 5.58. The summed E-state index contributed by atoms with van der Waals surface area (Å²) in [5, 5.41) is 12.2. The molecule has 2 rings (SSSR count). The van der Waals surface area contributed by atoms with E-state index in [1.165, 1.54) is 0 Å². The van der Waals surface area contributed by atoms with Gasteiger partial charge in [0.25, 0.3) is 5.91 Å². The van der Waals surface area contributed by atoms with E-state index in [0.29, 0.717) is 30.4 Å². The summed E-state index contributed by atoms with van der Waals surface area (Å²) >= 11 is 0. The molecule has 0 saturated heterocycles. The highest BCUT2D eigenvalue weighted by Gasteiger charge is 2.36. The van der Waals surface area contributed by atoms with Gasteiger partial charge in [-0.3, -0.25) is 15.0 Å². The Morgan fingerprint density at radius 1 is 1.21 bits per heavy atom. The molecule has 0 fully saturated rings. The minimum Gasteiger partial charge on any atom is -0.512 e. The highest BCUT2D eigenvalue weighted by molar-refractivity contribution is 5.96. The number of aliphatic hydroxyl groups excluding tert-OH is 1. The van der Waals surface area contributed by atoms with Gasteiger partial charge in [-0.05, 0) is 63.2 Å². The van der Waals surface area contributed by atoms with Crippen molar-refractivity contribution < 1.29 is 14.7 Å². The largest absolute Gasteiger partial charge is 0.512 e. The number of aryl methyl sites for hydroxylation is 2. The number of carbonyl (C=O) groups is 2. The van der Waals surface area contributed by atoms with E-state index in [1.807, 2.05) is 38.1 Å². The maximum atomic E-state index is 13.8. The lowest BCUT2D eigenvalue weighted by atomic mass is 9.83. The van der Waals surface area contributed by atoms with E-state index in [0.717, 1.165) is 29.5 Å². The summed E-state index contributed by atoms with van der Waals surface area (Å²) in [4.78, 5) is 27.4. The van der Waals surface area contributed by atoms with Crippen molar-refractivity contribution in [3.8, 4) is 0 Å². The van der Waals surface area contributed by atoms with Gasteiger partial charge >= 0.3 is 0 Å². The lowest BCUT2D eigenvalue weighted by molar-refractivity contribution is -0.129. The molecule has 5 nitrogen and oxygen atoms in total. The average molecular weight is 467 g/mol. The van der Waals surface area contributed by atoms with E-state index in [9.17, 15) is 14.7 Å². The van der Waals surface area contributed by atoms with Crippen LogP contribution in [-0.4, -0.2) is 28.0 Å². The van der Waals surface area contributed by atoms with Crippen molar-refractivity contribution in [2.75, 3.05) is 0 Å². The highest BCUT2D eigenvalue weighted by Crippen LogP contribution is 2.31. The number of hydrazine groups is 1. The molecular formula is C29H42N2O3. The first-order valence-electron chi connectivity index (χ1n) is 12.3. The summed E-state index contributed by atoms with van der Waals surface area (Å²) in [5.74, 6) is -0.808. The SMILES string of the molecule is C=CCC1=CCC(C(=O)NN(C(=O)c2cc(C)cc(C)c2)[C@H](CCC)C(C)(C)C)C(C)=C(O)C1. The third-order valence-electron chi connectivity index (χ3n) is 6.53. The second-order valence-corrected chi connectivity index (χ2v) is 10.6. The fourth-order valence-electron chi connectivity index (χ4n) is 4.66. The van der Waals surface area contributed by atoms with Crippen molar-refractivity contribution in [1.29, 1.82) is 0 Å². The van der Waals surface area contributed by atoms with E-state index >= 15 is 0 Å². The van der Waals surface area contributed by atoms with Crippen LogP contribution in [0.25, 0.3) is 0 Å². The Balaban J connectivity index is 2.46. The Morgan fingerprint density at radius 3 is 2.35 bits per heavy atom. The van der Waals surface area contributed by atoms with Crippen molar-refractivity contribution in [3.63, 3.8) is 0 Å². The average Bonchev–Trinajstić information content (AvgIpc) is 2.87.